The molecular formula is C12H17BrFNO. The highest BCUT2D eigenvalue weighted by Gasteiger charge is 2.21. The minimum atomic E-state index is -0.537. The third kappa shape index (κ3) is 4.20. The number of hydrogen-bond acceptors (Lipinski definition) is 2. The highest BCUT2D eigenvalue weighted by Crippen LogP contribution is 2.19. The molecule has 4 heteroatoms. The molecular weight excluding hydrogens is 273 g/mol. The largest absolute Gasteiger partial charge is 0.380 e. The van der Waals surface area contributed by atoms with E-state index in [0.29, 0.717) is 25.2 Å². The van der Waals surface area contributed by atoms with Crippen molar-refractivity contribution in [2.24, 2.45) is 5.73 Å². The smallest absolute Gasteiger partial charge is 0.127 e. The van der Waals surface area contributed by atoms with Crippen LogP contribution in [0.25, 0.3) is 0 Å². The van der Waals surface area contributed by atoms with Gasteiger partial charge >= 0.3 is 0 Å². The molecule has 0 aliphatic carbocycles. The van der Waals surface area contributed by atoms with E-state index in [1.165, 1.54) is 6.07 Å². The van der Waals surface area contributed by atoms with Gasteiger partial charge in [0.05, 0.1) is 6.61 Å². The normalized spacial score (nSPS) is 14.8. The van der Waals surface area contributed by atoms with Crippen LogP contribution < -0.4 is 5.73 Å². The molecule has 0 radical (unpaired) electrons. The lowest BCUT2D eigenvalue weighted by atomic mass is 9.94. The average molecular weight is 290 g/mol. The molecule has 0 aliphatic rings. The monoisotopic (exact) mass is 289 g/mol. The first-order chi connectivity index (χ1) is 7.44. The summed E-state index contributed by atoms with van der Waals surface area (Å²) in [6.45, 7) is 4.83. The van der Waals surface area contributed by atoms with E-state index in [0.717, 1.165) is 4.47 Å². The Balaban J connectivity index is 2.71. The van der Waals surface area contributed by atoms with Crippen LogP contribution in [0, 0.1) is 5.82 Å². The number of halogens is 2. The molecule has 0 heterocycles. The van der Waals surface area contributed by atoms with Crippen LogP contribution in [0.3, 0.4) is 0 Å². The molecule has 1 aromatic rings. The zero-order valence-corrected chi connectivity index (χ0v) is 11.2. The number of hydrogen-bond donors (Lipinski definition) is 1. The molecule has 1 unspecified atom stereocenters. The van der Waals surface area contributed by atoms with Gasteiger partial charge in [-0.25, -0.2) is 4.39 Å². The van der Waals surface area contributed by atoms with Crippen molar-refractivity contribution < 1.29 is 9.13 Å². The second-order valence-electron chi connectivity index (χ2n) is 4.20. The van der Waals surface area contributed by atoms with E-state index in [9.17, 15) is 4.39 Å². The quantitative estimate of drug-likeness (QED) is 0.905. The van der Waals surface area contributed by atoms with Gasteiger partial charge in [-0.3, -0.25) is 0 Å². The molecule has 1 aromatic carbocycles. The van der Waals surface area contributed by atoms with Crippen molar-refractivity contribution in [2.75, 3.05) is 13.2 Å². The van der Waals surface area contributed by atoms with Crippen molar-refractivity contribution in [2.45, 2.75) is 25.8 Å². The zero-order valence-electron chi connectivity index (χ0n) is 9.59. The molecule has 0 saturated carbocycles. The van der Waals surface area contributed by atoms with Crippen LogP contribution in [0.15, 0.2) is 22.7 Å². The summed E-state index contributed by atoms with van der Waals surface area (Å²) in [4.78, 5) is 0. The molecule has 16 heavy (non-hydrogen) atoms. The van der Waals surface area contributed by atoms with Gasteiger partial charge in [-0.2, -0.15) is 0 Å². The van der Waals surface area contributed by atoms with Gasteiger partial charge in [0.25, 0.3) is 0 Å². The summed E-state index contributed by atoms with van der Waals surface area (Å²) in [6.07, 6.45) is 0.464. The van der Waals surface area contributed by atoms with Crippen molar-refractivity contribution in [3.05, 3.63) is 34.1 Å². The number of nitrogens with two attached hydrogens (primary N) is 1. The van der Waals surface area contributed by atoms with Crippen molar-refractivity contribution in [3.63, 3.8) is 0 Å². The topological polar surface area (TPSA) is 35.2 Å². The fourth-order valence-corrected chi connectivity index (χ4v) is 1.82. The first-order valence-electron chi connectivity index (χ1n) is 5.25. The average Bonchev–Trinajstić information content (AvgIpc) is 2.19. The van der Waals surface area contributed by atoms with E-state index in [1.54, 1.807) is 6.07 Å². The molecule has 0 bridgehead atoms. The summed E-state index contributed by atoms with van der Waals surface area (Å²) >= 11 is 3.22. The van der Waals surface area contributed by atoms with Gasteiger partial charge in [-0.15, -0.1) is 0 Å². The Morgan fingerprint density at radius 3 is 2.75 bits per heavy atom. The fraction of sp³-hybridized carbons (Fsp3) is 0.500. The minimum Gasteiger partial charge on any atom is -0.380 e. The molecule has 0 aromatic heterocycles. The Morgan fingerprint density at radius 2 is 2.19 bits per heavy atom. The van der Waals surface area contributed by atoms with E-state index in [4.69, 9.17) is 10.5 Å². The summed E-state index contributed by atoms with van der Waals surface area (Å²) < 4.78 is 19.6. The van der Waals surface area contributed by atoms with Crippen LogP contribution in [0.1, 0.15) is 19.4 Å². The molecule has 0 aliphatic heterocycles. The Labute approximate surface area is 104 Å². The molecule has 1 rings (SSSR count). The summed E-state index contributed by atoms with van der Waals surface area (Å²) in [5.74, 6) is -0.234. The predicted molar refractivity (Wildman–Crippen MR) is 66.9 cm³/mol. The second-order valence-corrected chi connectivity index (χ2v) is 5.12. The molecule has 0 amide bonds. The third-order valence-corrected chi connectivity index (χ3v) is 2.74. The lowest BCUT2D eigenvalue weighted by Gasteiger charge is -2.24. The van der Waals surface area contributed by atoms with Gasteiger partial charge < -0.3 is 10.5 Å². The van der Waals surface area contributed by atoms with Crippen molar-refractivity contribution in [1.82, 2.24) is 0 Å². The van der Waals surface area contributed by atoms with Crippen LogP contribution in [0.5, 0.6) is 0 Å². The standard InChI is InChI=1S/C12H17BrFNO/c1-3-16-8-12(2,15)7-9-4-5-10(13)6-11(9)14/h4-6H,3,7-8,15H2,1-2H3. The van der Waals surface area contributed by atoms with Crippen molar-refractivity contribution in [1.29, 1.82) is 0 Å². The van der Waals surface area contributed by atoms with Crippen LogP contribution in [-0.4, -0.2) is 18.8 Å². The maximum absolute atomic E-state index is 13.6. The fourth-order valence-electron chi connectivity index (χ4n) is 1.49. The van der Waals surface area contributed by atoms with Gasteiger partial charge in [-0.05, 0) is 38.0 Å². The Morgan fingerprint density at radius 1 is 1.50 bits per heavy atom. The van der Waals surface area contributed by atoms with Crippen molar-refractivity contribution in [3.8, 4) is 0 Å². The molecule has 0 spiro atoms. The third-order valence-electron chi connectivity index (χ3n) is 2.25. The number of ether oxygens (including phenoxy) is 1. The Bertz CT molecular complexity index is 355. The molecule has 0 fully saturated rings. The van der Waals surface area contributed by atoms with E-state index < -0.39 is 5.54 Å². The maximum atomic E-state index is 13.6. The molecule has 0 saturated heterocycles. The van der Waals surface area contributed by atoms with E-state index >= 15 is 0 Å². The highest BCUT2D eigenvalue weighted by molar-refractivity contribution is 9.10. The van der Waals surface area contributed by atoms with E-state index in [2.05, 4.69) is 15.9 Å². The summed E-state index contributed by atoms with van der Waals surface area (Å²) in [7, 11) is 0. The molecule has 90 valence electrons. The highest BCUT2D eigenvalue weighted by atomic mass is 79.9. The summed E-state index contributed by atoms with van der Waals surface area (Å²) in [5, 5.41) is 0. The molecule has 2 N–H and O–H groups in total. The molecule has 1 atom stereocenters. The Kier molecular flexibility index (Phi) is 4.89. The second kappa shape index (κ2) is 5.75. The summed E-state index contributed by atoms with van der Waals surface area (Å²) in [6, 6.07) is 5.01. The van der Waals surface area contributed by atoms with E-state index in [1.807, 2.05) is 19.9 Å². The SMILES string of the molecule is CCOCC(C)(N)Cc1ccc(Br)cc1F. The van der Waals surface area contributed by atoms with Crippen molar-refractivity contribution >= 4 is 15.9 Å². The zero-order chi connectivity index (χ0) is 12.2. The number of rotatable bonds is 5. The lowest BCUT2D eigenvalue weighted by Crippen LogP contribution is -2.43. The lowest BCUT2D eigenvalue weighted by molar-refractivity contribution is 0.101. The van der Waals surface area contributed by atoms with Gasteiger partial charge in [-0.1, -0.05) is 22.0 Å². The van der Waals surface area contributed by atoms with Crippen LogP contribution in [-0.2, 0) is 11.2 Å². The first-order valence-corrected chi connectivity index (χ1v) is 6.04. The van der Waals surface area contributed by atoms with Crippen LogP contribution in [0.2, 0.25) is 0 Å². The van der Waals surface area contributed by atoms with Crippen LogP contribution >= 0.6 is 15.9 Å². The minimum absolute atomic E-state index is 0.234. The predicted octanol–water partition coefficient (Wildman–Crippen LogP) is 2.88. The van der Waals surface area contributed by atoms with Gasteiger partial charge in [0.2, 0.25) is 0 Å². The van der Waals surface area contributed by atoms with Gasteiger partial charge in [0, 0.05) is 16.6 Å². The van der Waals surface area contributed by atoms with E-state index in [-0.39, 0.29) is 5.82 Å². The van der Waals surface area contributed by atoms with Gasteiger partial charge in [0.1, 0.15) is 5.82 Å². The molecule has 2 nitrogen and oxygen atoms in total. The van der Waals surface area contributed by atoms with Gasteiger partial charge in [0.15, 0.2) is 0 Å². The summed E-state index contributed by atoms with van der Waals surface area (Å²) in [5.41, 5.74) is 6.12. The maximum Gasteiger partial charge on any atom is 0.127 e. The van der Waals surface area contributed by atoms with Crippen LogP contribution in [0.4, 0.5) is 4.39 Å². The number of benzene rings is 1. The Hall–Kier alpha value is -0.450. The first kappa shape index (κ1) is 13.6.